The molecular weight excluding hydrogens is 375 g/mol. The number of hydrogen-bond donors (Lipinski definition) is 1. The SMILES string of the molecule is COc1ccc(CN2CC(Oc3c(Cl)cc(N)cc3Cl)C=CC2=O)cc1. The molecule has 0 saturated carbocycles. The summed E-state index contributed by atoms with van der Waals surface area (Å²) in [7, 11) is 1.61. The molecule has 0 fully saturated rings. The molecule has 0 aliphatic carbocycles. The number of nitrogens with zero attached hydrogens (tertiary/aromatic N) is 1. The van der Waals surface area contributed by atoms with Crippen molar-refractivity contribution in [3.63, 3.8) is 0 Å². The fourth-order valence-corrected chi connectivity index (χ4v) is 3.27. The molecule has 1 aliphatic heterocycles. The lowest BCUT2D eigenvalue weighted by Crippen LogP contribution is -2.41. The van der Waals surface area contributed by atoms with Gasteiger partial charge in [-0.25, -0.2) is 0 Å². The van der Waals surface area contributed by atoms with Gasteiger partial charge in [-0.15, -0.1) is 0 Å². The molecule has 0 radical (unpaired) electrons. The van der Waals surface area contributed by atoms with Crippen molar-refractivity contribution < 1.29 is 14.3 Å². The van der Waals surface area contributed by atoms with Gasteiger partial charge in [0.2, 0.25) is 5.91 Å². The summed E-state index contributed by atoms with van der Waals surface area (Å²) in [6.45, 7) is 0.856. The molecule has 0 bridgehead atoms. The Morgan fingerprint density at radius 2 is 1.85 bits per heavy atom. The first kappa shape index (κ1) is 18.4. The standard InChI is InChI=1S/C19H18Cl2N2O3/c1-25-14-4-2-12(3-5-14)10-23-11-15(6-7-18(23)24)26-19-16(20)8-13(22)9-17(19)21/h2-9,15H,10-11,22H2,1H3. The molecule has 1 unspecified atom stereocenters. The van der Waals surface area contributed by atoms with E-state index in [1.54, 1.807) is 30.2 Å². The van der Waals surface area contributed by atoms with Gasteiger partial charge in [-0.2, -0.15) is 0 Å². The van der Waals surface area contributed by atoms with Crippen LogP contribution in [0.4, 0.5) is 5.69 Å². The van der Waals surface area contributed by atoms with Gasteiger partial charge in [0.05, 0.1) is 23.7 Å². The first-order valence-corrected chi connectivity index (χ1v) is 8.73. The zero-order chi connectivity index (χ0) is 18.7. The molecule has 0 saturated heterocycles. The number of amides is 1. The Morgan fingerprint density at radius 3 is 2.46 bits per heavy atom. The summed E-state index contributed by atoms with van der Waals surface area (Å²) in [6, 6.07) is 10.7. The number of nitrogens with two attached hydrogens (primary N) is 1. The number of carbonyl (C=O) groups is 1. The number of halogens is 2. The summed E-state index contributed by atoms with van der Waals surface area (Å²) >= 11 is 12.3. The van der Waals surface area contributed by atoms with Crippen LogP contribution in [-0.2, 0) is 11.3 Å². The molecule has 136 valence electrons. The molecule has 26 heavy (non-hydrogen) atoms. The number of nitrogen functional groups attached to an aromatic ring is 1. The van der Waals surface area contributed by atoms with Crippen LogP contribution >= 0.6 is 23.2 Å². The van der Waals surface area contributed by atoms with Crippen LogP contribution in [0.3, 0.4) is 0 Å². The number of methoxy groups -OCH3 is 1. The number of hydrogen-bond acceptors (Lipinski definition) is 4. The van der Waals surface area contributed by atoms with E-state index in [9.17, 15) is 4.79 Å². The minimum absolute atomic E-state index is 0.0739. The predicted molar refractivity (Wildman–Crippen MR) is 103 cm³/mol. The fourth-order valence-electron chi connectivity index (χ4n) is 2.68. The fraction of sp³-hybridized carbons (Fsp3) is 0.211. The Morgan fingerprint density at radius 1 is 1.19 bits per heavy atom. The maximum atomic E-state index is 12.2. The molecule has 1 atom stereocenters. The number of anilines is 1. The van der Waals surface area contributed by atoms with E-state index in [-0.39, 0.29) is 12.0 Å². The van der Waals surface area contributed by atoms with Gasteiger partial charge in [0.1, 0.15) is 11.9 Å². The van der Waals surface area contributed by atoms with E-state index in [0.29, 0.717) is 34.6 Å². The van der Waals surface area contributed by atoms with Gasteiger partial charge in [0.25, 0.3) is 0 Å². The zero-order valence-corrected chi connectivity index (χ0v) is 15.6. The minimum atomic E-state index is -0.357. The molecule has 2 aromatic carbocycles. The average molecular weight is 393 g/mol. The van der Waals surface area contributed by atoms with Gasteiger partial charge < -0.3 is 20.1 Å². The molecule has 5 nitrogen and oxygen atoms in total. The molecule has 1 aliphatic rings. The number of rotatable bonds is 5. The first-order chi connectivity index (χ1) is 12.5. The molecule has 0 aromatic heterocycles. The molecular formula is C19H18Cl2N2O3. The Labute approximate surface area is 161 Å². The third-order valence-corrected chi connectivity index (χ3v) is 4.55. The van der Waals surface area contributed by atoms with E-state index in [1.807, 2.05) is 24.3 Å². The number of benzene rings is 2. The predicted octanol–water partition coefficient (Wildman–Crippen LogP) is 3.93. The van der Waals surface area contributed by atoms with Crippen molar-refractivity contribution in [1.82, 2.24) is 4.90 Å². The Hall–Kier alpha value is -2.37. The second kappa shape index (κ2) is 7.89. The van der Waals surface area contributed by atoms with E-state index in [4.69, 9.17) is 38.4 Å². The third kappa shape index (κ3) is 4.23. The molecule has 0 spiro atoms. The summed E-state index contributed by atoms with van der Waals surface area (Å²) in [6.07, 6.45) is 2.84. The van der Waals surface area contributed by atoms with Crippen molar-refractivity contribution in [3.05, 3.63) is 64.2 Å². The lowest BCUT2D eigenvalue weighted by atomic mass is 10.1. The van der Waals surface area contributed by atoms with Gasteiger partial charge in [-0.1, -0.05) is 35.3 Å². The van der Waals surface area contributed by atoms with E-state index in [2.05, 4.69) is 0 Å². The van der Waals surface area contributed by atoms with Gasteiger partial charge in [0, 0.05) is 18.3 Å². The van der Waals surface area contributed by atoms with Crippen LogP contribution in [-0.4, -0.2) is 30.6 Å². The summed E-state index contributed by atoms with van der Waals surface area (Å²) in [5.74, 6) is 1.05. The highest BCUT2D eigenvalue weighted by atomic mass is 35.5. The van der Waals surface area contributed by atoms with Crippen LogP contribution in [0.2, 0.25) is 10.0 Å². The third-order valence-electron chi connectivity index (χ3n) is 3.99. The van der Waals surface area contributed by atoms with Crippen molar-refractivity contribution in [2.75, 3.05) is 19.4 Å². The van der Waals surface area contributed by atoms with Crippen molar-refractivity contribution in [3.8, 4) is 11.5 Å². The van der Waals surface area contributed by atoms with Gasteiger partial charge in [-0.3, -0.25) is 4.79 Å². The van der Waals surface area contributed by atoms with Crippen molar-refractivity contribution in [1.29, 1.82) is 0 Å². The summed E-state index contributed by atoms with van der Waals surface area (Å²) in [5, 5.41) is 0.670. The van der Waals surface area contributed by atoms with Crippen LogP contribution in [0.15, 0.2) is 48.6 Å². The monoisotopic (exact) mass is 392 g/mol. The van der Waals surface area contributed by atoms with Crippen molar-refractivity contribution >= 4 is 34.8 Å². The van der Waals surface area contributed by atoms with Crippen molar-refractivity contribution in [2.45, 2.75) is 12.6 Å². The van der Waals surface area contributed by atoms with Gasteiger partial charge in [0.15, 0.2) is 5.75 Å². The van der Waals surface area contributed by atoms with E-state index in [0.717, 1.165) is 11.3 Å². The van der Waals surface area contributed by atoms with E-state index in [1.165, 1.54) is 6.08 Å². The summed E-state index contributed by atoms with van der Waals surface area (Å²) in [5.41, 5.74) is 7.17. The van der Waals surface area contributed by atoms with Crippen molar-refractivity contribution in [2.24, 2.45) is 0 Å². The Balaban J connectivity index is 1.71. The Kier molecular flexibility index (Phi) is 5.59. The number of ether oxygens (including phenoxy) is 2. The van der Waals surface area contributed by atoms with Crippen LogP contribution in [0, 0.1) is 0 Å². The largest absolute Gasteiger partial charge is 0.497 e. The van der Waals surface area contributed by atoms with Crippen LogP contribution in [0.1, 0.15) is 5.56 Å². The highest BCUT2D eigenvalue weighted by Gasteiger charge is 2.24. The van der Waals surface area contributed by atoms with Crippen LogP contribution in [0.25, 0.3) is 0 Å². The molecule has 7 heteroatoms. The Bertz CT molecular complexity index is 814. The van der Waals surface area contributed by atoms with E-state index >= 15 is 0 Å². The molecule has 1 amide bonds. The van der Waals surface area contributed by atoms with Crippen LogP contribution < -0.4 is 15.2 Å². The second-order valence-corrected chi connectivity index (χ2v) is 6.71. The lowest BCUT2D eigenvalue weighted by molar-refractivity contribution is -0.128. The quantitative estimate of drug-likeness (QED) is 0.782. The molecule has 1 heterocycles. The highest BCUT2D eigenvalue weighted by Crippen LogP contribution is 2.36. The molecule has 2 N–H and O–H groups in total. The molecule has 2 aromatic rings. The maximum Gasteiger partial charge on any atom is 0.246 e. The van der Waals surface area contributed by atoms with Crippen LogP contribution in [0.5, 0.6) is 11.5 Å². The lowest BCUT2D eigenvalue weighted by Gasteiger charge is -2.29. The normalized spacial score (nSPS) is 16.7. The molecule has 3 rings (SSSR count). The first-order valence-electron chi connectivity index (χ1n) is 7.97. The van der Waals surface area contributed by atoms with E-state index < -0.39 is 0 Å². The smallest absolute Gasteiger partial charge is 0.246 e. The second-order valence-electron chi connectivity index (χ2n) is 5.90. The average Bonchev–Trinajstić information content (AvgIpc) is 2.61. The minimum Gasteiger partial charge on any atom is -0.497 e. The summed E-state index contributed by atoms with van der Waals surface area (Å²) < 4.78 is 11.1. The summed E-state index contributed by atoms with van der Waals surface area (Å²) in [4.78, 5) is 13.9. The zero-order valence-electron chi connectivity index (χ0n) is 14.1. The number of carbonyl (C=O) groups excluding carboxylic acids is 1. The topological polar surface area (TPSA) is 64.8 Å². The highest BCUT2D eigenvalue weighted by molar-refractivity contribution is 6.37. The van der Waals surface area contributed by atoms with Gasteiger partial charge >= 0.3 is 0 Å². The maximum absolute atomic E-state index is 12.2. The van der Waals surface area contributed by atoms with Gasteiger partial charge in [-0.05, 0) is 35.9 Å².